The van der Waals surface area contributed by atoms with Gasteiger partial charge in [-0.25, -0.2) is 13.2 Å². The predicted octanol–water partition coefficient (Wildman–Crippen LogP) is 10.1. The van der Waals surface area contributed by atoms with Crippen LogP contribution in [0.4, 0.5) is 13.2 Å². The number of halogens is 3. The molecule has 50 heavy (non-hydrogen) atoms. The van der Waals surface area contributed by atoms with Crippen LogP contribution < -0.4 is 5.32 Å². The number of carbonyl (C=O) groups excluding carboxylic acids is 2. The molecule has 1 amide bonds. The topological polar surface area (TPSA) is 49.4 Å². The molecule has 0 aromatic heterocycles. The normalized spacial score (nSPS) is 38.5. The highest BCUT2D eigenvalue weighted by Crippen LogP contribution is 2.73. The summed E-state index contributed by atoms with van der Waals surface area (Å²) < 4.78 is 41.9. The first-order valence-corrected chi connectivity index (χ1v) is 19.6. The first-order chi connectivity index (χ1) is 23.7. The maximum absolute atomic E-state index is 14.7. The van der Waals surface area contributed by atoms with Gasteiger partial charge in [-0.1, -0.05) is 52.3 Å². The second-order valence-electron chi connectivity index (χ2n) is 18.0. The lowest BCUT2D eigenvalue weighted by Gasteiger charge is -2.68. The highest BCUT2D eigenvalue weighted by molar-refractivity contribution is 5.83. The van der Waals surface area contributed by atoms with Gasteiger partial charge in [0, 0.05) is 39.0 Å². The molecule has 1 aromatic rings. The fourth-order valence-electron chi connectivity index (χ4n) is 13.1. The number of nitrogens with one attached hydrogen (secondary N) is 1. The lowest BCUT2D eigenvalue weighted by molar-refractivity contribution is -0.181. The number of benzene rings is 1. The summed E-state index contributed by atoms with van der Waals surface area (Å²) in [5.74, 6) is 0.0106. The van der Waals surface area contributed by atoms with Crippen LogP contribution in [0.15, 0.2) is 36.9 Å². The summed E-state index contributed by atoms with van der Waals surface area (Å²) >= 11 is 0. The number of alkyl halides is 2. The Balaban J connectivity index is 0.00000139. The number of amides is 1. The number of carbonyl (C=O) groups is 2. The van der Waals surface area contributed by atoms with E-state index in [9.17, 15) is 22.8 Å². The number of rotatable bonds is 6. The van der Waals surface area contributed by atoms with Crippen molar-refractivity contribution in [2.75, 3.05) is 26.2 Å². The predicted molar refractivity (Wildman–Crippen MR) is 195 cm³/mol. The van der Waals surface area contributed by atoms with E-state index in [-0.39, 0.29) is 46.0 Å². The van der Waals surface area contributed by atoms with E-state index in [4.69, 9.17) is 0 Å². The summed E-state index contributed by atoms with van der Waals surface area (Å²) in [6.45, 7) is 17.1. The average molecular weight is 695 g/mol. The summed E-state index contributed by atoms with van der Waals surface area (Å²) in [7, 11) is 0. The van der Waals surface area contributed by atoms with Crippen molar-refractivity contribution in [1.82, 2.24) is 10.2 Å². The first kappa shape index (κ1) is 37.4. The van der Waals surface area contributed by atoms with Crippen LogP contribution in [-0.4, -0.2) is 49.2 Å². The Hall–Kier alpha value is -2.41. The molecule has 1 saturated heterocycles. The number of likely N-dealkylation sites (tertiary alicyclic amines) is 1. The minimum atomic E-state index is -2.54. The zero-order chi connectivity index (χ0) is 36.1. The highest BCUT2D eigenvalue weighted by atomic mass is 19.3. The highest BCUT2D eigenvalue weighted by Gasteiger charge is 2.66. The molecule has 5 aliphatic carbocycles. The van der Waals surface area contributed by atoms with E-state index in [2.05, 4.69) is 50.6 Å². The maximum atomic E-state index is 14.7. The lowest BCUT2D eigenvalue weighted by atomic mass is 9.36. The summed E-state index contributed by atoms with van der Waals surface area (Å²) in [5, 5.41) is 3.31. The molecular formula is C43H61F3N2O2. The minimum absolute atomic E-state index is 0.0826. The summed E-state index contributed by atoms with van der Waals surface area (Å²) in [5.41, 5.74) is 2.26. The van der Waals surface area contributed by atoms with Gasteiger partial charge in [-0.3, -0.25) is 9.59 Å². The molecule has 276 valence electrons. The molecule has 1 heterocycles. The number of aldehydes is 1. The van der Waals surface area contributed by atoms with Gasteiger partial charge in [-0.2, -0.15) is 0 Å². The van der Waals surface area contributed by atoms with Crippen LogP contribution >= 0.6 is 0 Å². The Bertz CT molecular complexity index is 1480. The molecule has 4 saturated carbocycles. The number of fused-ring (bicyclic) bond motifs is 7. The summed E-state index contributed by atoms with van der Waals surface area (Å²) in [6.07, 6.45) is 15.7. The molecule has 1 N–H and O–H groups in total. The third-order valence-corrected chi connectivity index (χ3v) is 15.3. The summed E-state index contributed by atoms with van der Waals surface area (Å²) in [4.78, 5) is 27.3. The second kappa shape index (κ2) is 13.9. The molecule has 7 heteroatoms. The molecule has 1 aromatic carbocycles. The van der Waals surface area contributed by atoms with Crippen molar-refractivity contribution in [3.63, 3.8) is 0 Å². The number of piperidine rings is 1. The van der Waals surface area contributed by atoms with Crippen molar-refractivity contribution in [2.45, 2.75) is 118 Å². The van der Waals surface area contributed by atoms with Crippen LogP contribution in [0.3, 0.4) is 0 Å². The van der Waals surface area contributed by atoms with Gasteiger partial charge in [-0.05, 0) is 134 Å². The molecule has 0 radical (unpaired) electrons. The van der Waals surface area contributed by atoms with E-state index in [1.54, 1.807) is 18.2 Å². The lowest BCUT2D eigenvalue weighted by Crippen LogP contribution is -2.62. The number of nitrogens with zero attached hydrogens (tertiary/aromatic N) is 1. The van der Waals surface area contributed by atoms with Crippen LogP contribution in [0.25, 0.3) is 5.57 Å². The average Bonchev–Trinajstić information content (AvgIpc) is 3.52. The molecule has 4 nitrogen and oxygen atoms in total. The van der Waals surface area contributed by atoms with E-state index in [0.29, 0.717) is 62.1 Å². The van der Waals surface area contributed by atoms with Gasteiger partial charge in [0.05, 0.1) is 11.0 Å². The molecule has 6 aliphatic rings. The van der Waals surface area contributed by atoms with E-state index >= 15 is 0 Å². The van der Waals surface area contributed by atoms with Crippen LogP contribution in [0.2, 0.25) is 0 Å². The smallest absolute Gasteiger partial charge is 0.250 e. The molecule has 8 unspecified atom stereocenters. The van der Waals surface area contributed by atoms with Crippen molar-refractivity contribution in [3.8, 4) is 0 Å². The monoisotopic (exact) mass is 694 g/mol. The van der Waals surface area contributed by atoms with Gasteiger partial charge < -0.3 is 10.2 Å². The third kappa shape index (κ3) is 6.23. The van der Waals surface area contributed by atoms with Gasteiger partial charge >= 0.3 is 0 Å². The molecule has 1 aliphatic heterocycles. The maximum Gasteiger partial charge on any atom is 0.250 e. The second-order valence-corrected chi connectivity index (χ2v) is 18.0. The van der Waals surface area contributed by atoms with Crippen molar-refractivity contribution in [3.05, 3.63) is 53.9 Å². The van der Waals surface area contributed by atoms with E-state index < -0.39 is 11.7 Å². The zero-order valence-electron chi connectivity index (χ0n) is 31.3. The Morgan fingerprint density at radius 1 is 0.940 bits per heavy atom. The van der Waals surface area contributed by atoms with Crippen LogP contribution in [0.1, 0.15) is 128 Å². The van der Waals surface area contributed by atoms with Gasteiger partial charge in [0.1, 0.15) is 5.82 Å². The minimum Gasteiger partial charge on any atom is -0.354 e. The molecule has 8 atom stereocenters. The van der Waals surface area contributed by atoms with Crippen LogP contribution in [0, 0.1) is 57.1 Å². The van der Waals surface area contributed by atoms with Gasteiger partial charge in [0.2, 0.25) is 5.91 Å². The fourth-order valence-corrected chi connectivity index (χ4v) is 13.1. The third-order valence-electron chi connectivity index (χ3n) is 15.3. The van der Waals surface area contributed by atoms with Gasteiger partial charge in [0.15, 0.2) is 6.29 Å². The van der Waals surface area contributed by atoms with Crippen LogP contribution in [-0.2, 0) is 4.79 Å². The quantitative estimate of drug-likeness (QED) is 0.238. The van der Waals surface area contributed by atoms with Gasteiger partial charge in [0.25, 0.3) is 5.92 Å². The molecule has 5 fully saturated rings. The first-order valence-electron chi connectivity index (χ1n) is 19.6. The Morgan fingerprint density at radius 2 is 1.66 bits per heavy atom. The van der Waals surface area contributed by atoms with Crippen molar-refractivity contribution < 1.29 is 22.8 Å². The van der Waals surface area contributed by atoms with E-state index in [0.717, 1.165) is 50.5 Å². The Labute approximate surface area is 299 Å². The van der Waals surface area contributed by atoms with Crippen molar-refractivity contribution in [2.24, 2.45) is 51.2 Å². The standard InChI is InChI=1S/C40H55F3N2O2.C3H6/c1-36(2)29(26-7-8-27(25-46)32(41)24-26)11-15-38(4)33(36)13-16-37(3)30-12-17-39(14-5-6-31(39)28(30)9-10-34(37)38)35(47)44-20-23-45-21-18-40(42,43)19-22-45;1-3-2/h7-8,11,24-25,28,30-31,33-34H,5-6,9-10,12-23H2,1-4H3,(H,44,47);3H,1H2,2H3. The number of allylic oxidation sites excluding steroid dienone is 3. The number of hydrogen-bond donors (Lipinski definition) is 1. The number of hydrogen-bond acceptors (Lipinski definition) is 3. The van der Waals surface area contributed by atoms with Crippen LogP contribution in [0.5, 0.6) is 0 Å². The molecule has 0 spiro atoms. The fraction of sp³-hybridized carbons (Fsp3) is 0.721. The van der Waals surface area contributed by atoms with E-state index in [1.165, 1.54) is 24.8 Å². The Kier molecular flexibility index (Phi) is 10.4. The molecular weight excluding hydrogens is 633 g/mol. The van der Waals surface area contributed by atoms with E-state index in [1.807, 2.05) is 13.0 Å². The molecule has 7 rings (SSSR count). The summed E-state index contributed by atoms with van der Waals surface area (Å²) in [6, 6.07) is 5.09. The van der Waals surface area contributed by atoms with Gasteiger partial charge in [-0.15, -0.1) is 6.58 Å². The van der Waals surface area contributed by atoms with Crippen molar-refractivity contribution in [1.29, 1.82) is 0 Å². The van der Waals surface area contributed by atoms with Crippen molar-refractivity contribution >= 4 is 17.8 Å². The molecule has 0 bridgehead atoms. The zero-order valence-corrected chi connectivity index (χ0v) is 31.3. The Morgan fingerprint density at radius 3 is 2.34 bits per heavy atom. The SMILES string of the molecule is C=CC.CC1(C)C(c2ccc(C=O)c(F)c2)=CCC2(C)C1CCC1(C)C3CCC4(C(=O)NCCN5CCC(F)(F)CC5)CCCC4C3CCC12. The largest absolute Gasteiger partial charge is 0.354 e.